The second-order valence-corrected chi connectivity index (χ2v) is 4.04. The van der Waals surface area contributed by atoms with Gasteiger partial charge >= 0.3 is 0 Å². The summed E-state index contributed by atoms with van der Waals surface area (Å²) >= 11 is 0. The molecule has 0 heterocycles. The van der Waals surface area contributed by atoms with E-state index in [0.717, 1.165) is 23.1 Å². The van der Waals surface area contributed by atoms with E-state index in [2.05, 4.69) is 21.0 Å². The van der Waals surface area contributed by atoms with Gasteiger partial charge in [0.05, 0.1) is 20.6 Å². The lowest BCUT2D eigenvalue weighted by molar-refractivity contribution is -0.901. The number of aromatic hydroxyl groups is 1. The maximum absolute atomic E-state index is 9.56. The van der Waals surface area contributed by atoms with Crippen LogP contribution < -0.4 is 17.0 Å². The van der Waals surface area contributed by atoms with Crippen molar-refractivity contribution in [1.29, 1.82) is 0 Å². The van der Waals surface area contributed by atoms with Crippen molar-refractivity contribution in [3.63, 3.8) is 0 Å². The van der Waals surface area contributed by atoms with Crippen LogP contribution >= 0.6 is 0 Å². The van der Waals surface area contributed by atoms with Gasteiger partial charge in [0, 0.05) is 5.56 Å². The zero-order valence-corrected chi connectivity index (χ0v) is 10.6. The minimum atomic E-state index is 0. The van der Waals surface area contributed by atoms with Gasteiger partial charge in [-0.25, -0.2) is 0 Å². The van der Waals surface area contributed by atoms with Crippen molar-refractivity contribution in [2.45, 2.75) is 13.5 Å². The van der Waals surface area contributed by atoms with Crippen molar-refractivity contribution in [3.8, 4) is 5.75 Å². The van der Waals surface area contributed by atoms with Crippen molar-refractivity contribution in [2.24, 2.45) is 0 Å². The van der Waals surface area contributed by atoms with Gasteiger partial charge in [-0.3, -0.25) is 0 Å². The van der Waals surface area contributed by atoms with E-state index in [9.17, 15) is 5.11 Å². The molecule has 1 N–H and O–H groups in total. The topological polar surface area (TPSA) is 20.2 Å². The Labute approximate surface area is 96.5 Å². The Bertz CT molecular complexity index is 286. The van der Waals surface area contributed by atoms with Gasteiger partial charge in [-0.1, -0.05) is 12.1 Å². The molecular weight excluding hydrogens is 242 g/mol. The first kappa shape index (κ1) is 13.5. The highest BCUT2D eigenvalue weighted by molar-refractivity contribution is 5.30. The summed E-state index contributed by atoms with van der Waals surface area (Å²) in [5.74, 6) is 0.405. The first-order valence-electron chi connectivity index (χ1n) is 4.64. The monoisotopic (exact) mass is 259 g/mol. The summed E-state index contributed by atoms with van der Waals surface area (Å²) in [4.78, 5) is 0. The van der Waals surface area contributed by atoms with Gasteiger partial charge in [0.15, 0.2) is 0 Å². The lowest BCUT2D eigenvalue weighted by Crippen LogP contribution is -3.00. The number of quaternary nitrogens is 1. The van der Waals surface area contributed by atoms with Crippen LogP contribution in [0.4, 0.5) is 0 Å². The number of para-hydroxylation sites is 1. The first-order chi connectivity index (χ1) is 6.05. The predicted molar refractivity (Wildman–Crippen MR) is 54.5 cm³/mol. The third-order valence-electron chi connectivity index (χ3n) is 2.45. The van der Waals surface area contributed by atoms with Crippen LogP contribution in [-0.4, -0.2) is 30.2 Å². The normalized spacial score (nSPS) is 10.8. The molecule has 3 heteroatoms. The zero-order chi connectivity index (χ0) is 9.90. The van der Waals surface area contributed by atoms with Crippen LogP contribution in [0, 0.1) is 0 Å². The maximum atomic E-state index is 9.56. The van der Waals surface area contributed by atoms with Crippen LogP contribution in [0.15, 0.2) is 24.3 Å². The Morgan fingerprint density at radius 2 is 1.79 bits per heavy atom. The highest BCUT2D eigenvalue weighted by atomic mass is 79.9. The molecule has 0 radical (unpaired) electrons. The molecule has 80 valence electrons. The summed E-state index contributed by atoms with van der Waals surface area (Å²) < 4.78 is 0.900. The van der Waals surface area contributed by atoms with Gasteiger partial charge in [-0.05, 0) is 19.1 Å². The average Bonchev–Trinajstić information content (AvgIpc) is 2.09. The van der Waals surface area contributed by atoms with Crippen LogP contribution in [0.3, 0.4) is 0 Å². The van der Waals surface area contributed by atoms with Gasteiger partial charge in [-0.2, -0.15) is 0 Å². The molecule has 0 bridgehead atoms. The molecule has 1 aromatic rings. The fraction of sp³-hybridized carbons (Fsp3) is 0.455. The lowest BCUT2D eigenvalue weighted by Gasteiger charge is -2.28. The van der Waals surface area contributed by atoms with Crippen molar-refractivity contribution >= 4 is 0 Å². The van der Waals surface area contributed by atoms with E-state index >= 15 is 0 Å². The number of halogens is 1. The van der Waals surface area contributed by atoms with Crippen molar-refractivity contribution in [2.75, 3.05) is 20.6 Å². The SMILES string of the molecule is CC[N+](C)(C)Cc1ccccc1O.[Br-]. The number of hydrogen-bond donors (Lipinski definition) is 1. The van der Waals surface area contributed by atoms with Crippen molar-refractivity contribution < 1.29 is 26.6 Å². The van der Waals surface area contributed by atoms with Gasteiger partial charge in [0.1, 0.15) is 12.3 Å². The van der Waals surface area contributed by atoms with E-state index in [0.29, 0.717) is 5.75 Å². The van der Waals surface area contributed by atoms with E-state index in [1.807, 2.05) is 18.2 Å². The van der Waals surface area contributed by atoms with Crippen molar-refractivity contribution in [1.82, 2.24) is 0 Å². The van der Waals surface area contributed by atoms with Gasteiger partial charge in [-0.15, -0.1) is 0 Å². The molecule has 0 amide bonds. The molecule has 0 aromatic heterocycles. The summed E-state index contributed by atoms with van der Waals surface area (Å²) in [6.45, 7) is 4.09. The zero-order valence-electron chi connectivity index (χ0n) is 9.00. The van der Waals surface area contributed by atoms with E-state index in [4.69, 9.17) is 0 Å². The molecular formula is C11H18BrNO. The Morgan fingerprint density at radius 3 is 2.29 bits per heavy atom. The Balaban J connectivity index is 0.00000169. The maximum Gasteiger partial charge on any atom is 0.124 e. The van der Waals surface area contributed by atoms with Gasteiger partial charge in [0.25, 0.3) is 0 Å². The van der Waals surface area contributed by atoms with Crippen LogP contribution in [0.25, 0.3) is 0 Å². The standard InChI is InChI=1S/C11H17NO.BrH/c1-4-12(2,3)9-10-7-5-6-8-11(10)13;/h5-8H,4,9H2,1-3H3;1H. The third kappa shape index (κ3) is 3.68. The Kier molecular flexibility index (Phi) is 5.16. The molecule has 0 spiro atoms. The molecule has 0 saturated heterocycles. The Hall–Kier alpha value is -0.540. The van der Waals surface area contributed by atoms with E-state index in [-0.39, 0.29) is 17.0 Å². The second kappa shape index (κ2) is 5.37. The number of benzene rings is 1. The quantitative estimate of drug-likeness (QED) is 0.691. The van der Waals surface area contributed by atoms with E-state index in [1.54, 1.807) is 6.07 Å². The smallest absolute Gasteiger partial charge is 0.124 e. The third-order valence-corrected chi connectivity index (χ3v) is 2.45. The largest absolute Gasteiger partial charge is 1.00 e. The molecule has 1 rings (SSSR count). The predicted octanol–water partition coefficient (Wildman–Crippen LogP) is -1.01. The summed E-state index contributed by atoms with van der Waals surface area (Å²) in [5, 5.41) is 9.56. The van der Waals surface area contributed by atoms with Crippen LogP contribution in [-0.2, 0) is 6.54 Å². The minimum Gasteiger partial charge on any atom is -1.00 e. The highest BCUT2D eigenvalue weighted by Gasteiger charge is 2.14. The molecule has 0 saturated carbocycles. The van der Waals surface area contributed by atoms with E-state index in [1.165, 1.54) is 0 Å². The molecule has 14 heavy (non-hydrogen) atoms. The summed E-state index contributed by atoms with van der Waals surface area (Å²) in [6, 6.07) is 7.53. The number of nitrogens with zero attached hydrogens (tertiary/aromatic N) is 1. The molecule has 2 nitrogen and oxygen atoms in total. The number of phenols is 1. The fourth-order valence-electron chi connectivity index (χ4n) is 1.22. The number of hydrogen-bond acceptors (Lipinski definition) is 1. The fourth-order valence-corrected chi connectivity index (χ4v) is 1.22. The number of phenolic OH excluding ortho intramolecular Hbond substituents is 1. The highest BCUT2D eigenvalue weighted by Crippen LogP contribution is 2.19. The Morgan fingerprint density at radius 1 is 1.21 bits per heavy atom. The van der Waals surface area contributed by atoms with E-state index < -0.39 is 0 Å². The van der Waals surface area contributed by atoms with Crippen molar-refractivity contribution in [3.05, 3.63) is 29.8 Å². The van der Waals surface area contributed by atoms with Crippen LogP contribution in [0.1, 0.15) is 12.5 Å². The molecule has 1 aromatic carbocycles. The summed E-state index contributed by atoms with van der Waals surface area (Å²) in [5.41, 5.74) is 1.02. The van der Waals surface area contributed by atoms with Gasteiger partial charge in [0.2, 0.25) is 0 Å². The van der Waals surface area contributed by atoms with Crippen LogP contribution in [0.2, 0.25) is 0 Å². The first-order valence-corrected chi connectivity index (χ1v) is 4.64. The minimum absolute atomic E-state index is 0. The molecule has 0 unspecified atom stereocenters. The molecule has 0 aliphatic rings. The summed E-state index contributed by atoms with van der Waals surface area (Å²) in [7, 11) is 4.32. The lowest BCUT2D eigenvalue weighted by atomic mass is 10.2. The molecule has 0 atom stereocenters. The molecule has 0 fully saturated rings. The summed E-state index contributed by atoms with van der Waals surface area (Å²) in [6.07, 6.45) is 0. The van der Waals surface area contributed by atoms with Crippen LogP contribution in [0.5, 0.6) is 5.75 Å². The molecule has 0 aliphatic heterocycles. The second-order valence-electron chi connectivity index (χ2n) is 4.04. The molecule has 0 aliphatic carbocycles. The number of rotatable bonds is 3. The van der Waals surface area contributed by atoms with Gasteiger partial charge < -0.3 is 26.6 Å². The average molecular weight is 260 g/mol.